The second-order valence-corrected chi connectivity index (χ2v) is 7.18. The molecule has 0 spiro atoms. The molecular formula is C22H31NO2. The summed E-state index contributed by atoms with van der Waals surface area (Å²) < 4.78 is 5.69. The molecule has 3 nitrogen and oxygen atoms in total. The smallest absolute Gasteiger partial charge is 0.119 e. The zero-order valence-corrected chi connectivity index (χ0v) is 15.7. The van der Waals surface area contributed by atoms with Crippen LogP contribution >= 0.6 is 0 Å². The van der Waals surface area contributed by atoms with Crippen molar-refractivity contribution in [3.05, 3.63) is 65.7 Å². The third-order valence-corrected chi connectivity index (χ3v) is 4.17. The van der Waals surface area contributed by atoms with Crippen molar-refractivity contribution in [3.63, 3.8) is 0 Å². The average Bonchev–Trinajstić information content (AvgIpc) is 2.59. The molecule has 0 aromatic heterocycles. The number of aryl methyl sites for hydroxylation is 1. The number of aliphatic hydroxyl groups is 1. The number of ether oxygens (including phenoxy) is 1. The molecule has 0 aliphatic carbocycles. The average molecular weight is 341 g/mol. The predicted molar refractivity (Wildman–Crippen MR) is 104 cm³/mol. The highest BCUT2D eigenvalue weighted by Crippen LogP contribution is 2.12. The number of rotatable bonds is 10. The molecule has 0 aliphatic rings. The standard InChI is InChI=1S/C22H31NO2/c1-18(2)12-13-23(15-20-9-7-8-19(3)14-20)16-21(24)17-25-22-10-5-4-6-11-22/h4-11,14,18,21,24H,12-13,15-17H2,1-3H3/t21-/m1/s1. The fraction of sp³-hybridized carbons (Fsp3) is 0.455. The first-order valence-corrected chi connectivity index (χ1v) is 9.16. The summed E-state index contributed by atoms with van der Waals surface area (Å²) in [5, 5.41) is 10.4. The van der Waals surface area contributed by atoms with Gasteiger partial charge in [-0.2, -0.15) is 0 Å². The third kappa shape index (κ3) is 7.72. The molecule has 2 rings (SSSR count). The van der Waals surface area contributed by atoms with E-state index in [-0.39, 0.29) is 0 Å². The monoisotopic (exact) mass is 341 g/mol. The Morgan fingerprint density at radius 1 is 1.04 bits per heavy atom. The maximum absolute atomic E-state index is 10.4. The van der Waals surface area contributed by atoms with Crippen molar-refractivity contribution in [2.45, 2.75) is 39.8 Å². The summed E-state index contributed by atoms with van der Waals surface area (Å²) >= 11 is 0. The molecule has 2 aromatic rings. The first-order chi connectivity index (χ1) is 12.0. The molecule has 0 fully saturated rings. The van der Waals surface area contributed by atoms with Gasteiger partial charge in [-0.15, -0.1) is 0 Å². The van der Waals surface area contributed by atoms with Crippen LogP contribution < -0.4 is 4.74 Å². The van der Waals surface area contributed by atoms with Gasteiger partial charge in [-0.05, 0) is 43.5 Å². The van der Waals surface area contributed by atoms with Crippen LogP contribution in [0.25, 0.3) is 0 Å². The number of benzene rings is 2. The van der Waals surface area contributed by atoms with Gasteiger partial charge < -0.3 is 9.84 Å². The van der Waals surface area contributed by atoms with Crippen LogP contribution in [0.4, 0.5) is 0 Å². The number of aliphatic hydroxyl groups excluding tert-OH is 1. The molecule has 1 atom stereocenters. The predicted octanol–water partition coefficient (Wildman–Crippen LogP) is 4.28. The minimum Gasteiger partial charge on any atom is -0.491 e. The van der Waals surface area contributed by atoms with Crippen LogP contribution in [0.1, 0.15) is 31.4 Å². The van der Waals surface area contributed by atoms with E-state index < -0.39 is 6.10 Å². The summed E-state index contributed by atoms with van der Waals surface area (Å²) in [5.41, 5.74) is 2.56. The molecule has 0 radical (unpaired) electrons. The van der Waals surface area contributed by atoms with Crippen molar-refractivity contribution in [2.75, 3.05) is 19.7 Å². The van der Waals surface area contributed by atoms with Crippen molar-refractivity contribution in [3.8, 4) is 5.75 Å². The van der Waals surface area contributed by atoms with E-state index in [0.717, 1.165) is 25.3 Å². The van der Waals surface area contributed by atoms with E-state index in [2.05, 4.69) is 49.9 Å². The van der Waals surface area contributed by atoms with Crippen LogP contribution in [0.5, 0.6) is 5.75 Å². The Kier molecular flexibility index (Phi) is 7.96. The lowest BCUT2D eigenvalue weighted by Gasteiger charge is -2.26. The van der Waals surface area contributed by atoms with Crippen molar-refractivity contribution < 1.29 is 9.84 Å². The van der Waals surface area contributed by atoms with Crippen LogP contribution in [0.2, 0.25) is 0 Å². The molecule has 0 amide bonds. The van der Waals surface area contributed by atoms with Gasteiger partial charge in [0.1, 0.15) is 18.5 Å². The fourth-order valence-corrected chi connectivity index (χ4v) is 2.80. The molecule has 3 heteroatoms. The lowest BCUT2D eigenvalue weighted by atomic mass is 10.1. The van der Waals surface area contributed by atoms with Gasteiger partial charge in [-0.25, -0.2) is 0 Å². The van der Waals surface area contributed by atoms with Gasteiger partial charge in [0.15, 0.2) is 0 Å². The van der Waals surface area contributed by atoms with Crippen molar-refractivity contribution >= 4 is 0 Å². The number of nitrogens with zero attached hydrogens (tertiary/aromatic N) is 1. The number of hydrogen-bond donors (Lipinski definition) is 1. The summed E-state index contributed by atoms with van der Waals surface area (Å²) in [6.07, 6.45) is 0.620. The largest absolute Gasteiger partial charge is 0.491 e. The van der Waals surface area contributed by atoms with E-state index in [0.29, 0.717) is 19.1 Å². The molecule has 0 heterocycles. The Morgan fingerprint density at radius 3 is 2.48 bits per heavy atom. The van der Waals surface area contributed by atoms with Crippen LogP contribution in [-0.2, 0) is 6.54 Å². The second kappa shape index (κ2) is 10.2. The fourth-order valence-electron chi connectivity index (χ4n) is 2.80. The Labute approximate surface area is 152 Å². The van der Waals surface area contributed by atoms with Gasteiger partial charge in [0.25, 0.3) is 0 Å². The summed E-state index contributed by atoms with van der Waals surface area (Å²) in [6, 6.07) is 18.2. The van der Waals surface area contributed by atoms with E-state index >= 15 is 0 Å². The van der Waals surface area contributed by atoms with Gasteiger partial charge in [0.05, 0.1) is 0 Å². The van der Waals surface area contributed by atoms with Crippen molar-refractivity contribution in [2.24, 2.45) is 5.92 Å². The quantitative estimate of drug-likeness (QED) is 0.700. The second-order valence-electron chi connectivity index (χ2n) is 7.18. The van der Waals surface area contributed by atoms with Crippen LogP contribution in [0.15, 0.2) is 54.6 Å². The molecular weight excluding hydrogens is 310 g/mol. The van der Waals surface area contributed by atoms with Crippen molar-refractivity contribution in [1.82, 2.24) is 4.90 Å². The minimum atomic E-state index is -0.503. The first-order valence-electron chi connectivity index (χ1n) is 9.16. The van der Waals surface area contributed by atoms with Gasteiger partial charge in [-0.3, -0.25) is 4.90 Å². The van der Waals surface area contributed by atoms with Gasteiger partial charge in [-0.1, -0.05) is 61.9 Å². The van der Waals surface area contributed by atoms with Crippen LogP contribution in [-0.4, -0.2) is 35.8 Å². The minimum absolute atomic E-state index is 0.315. The summed E-state index contributed by atoms with van der Waals surface area (Å²) in [7, 11) is 0. The molecule has 0 aliphatic heterocycles. The van der Waals surface area contributed by atoms with E-state index in [1.54, 1.807) is 0 Å². The summed E-state index contributed by atoms with van der Waals surface area (Å²) in [4.78, 5) is 2.33. The lowest BCUT2D eigenvalue weighted by molar-refractivity contribution is 0.0639. The van der Waals surface area contributed by atoms with E-state index in [4.69, 9.17) is 4.74 Å². The van der Waals surface area contributed by atoms with E-state index in [1.807, 2.05) is 30.3 Å². The van der Waals surface area contributed by atoms with Gasteiger partial charge >= 0.3 is 0 Å². The summed E-state index contributed by atoms with van der Waals surface area (Å²) in [5.74, 6) is 1.45. The molecule has 0 unspecified atom stereocenters. The first kappa shape index (κ1) is 19.5. The van der Waals surface area contributed by atoms with Gasteiger partial charge in [0.2, 0.25) is 0 Å². The molecule has 0 saturated heterocycles. The highest BCUT2D eigenvalue weighted by molar-refractivity contribution is 5.22. The molecule has 25 heavy (non-hydrogen) atoms. The normalized spacial score (nSPS) is 12.6. The maximum atomic E-state index is 10.4. The molecule has 0 bridgehead atoms. The van der Waals surface area contributed by atoms with Crippen LogP contribution in [0.3, 0.4) is 0 Å². The Morgan fingerprint density at radius 2 is 1.80 bits per heavy atom. The van der Waals surface area contributed by atoms with E-state index in [9.17, 15) is 5.11 Å². The highest BCUT2D eigenvalue weighted by Gasteiger charge is 2.14. The lowest BCUT2D eigenvalue weighted by Crippen LogP contribution is -2.36. The van der Waals surface area contributed by atoms with Crippen molar-refractivity contribution in [1.29, 1.82) is 0 Å². The number of hydrogen-bond acceptors (Lipinski definition) is 3. The SMILES string of the molecule is Cc1cccc(CN(CCC(C)C)C[C@@H](O)COc2ccccc2)c1. The topological polar surface area (TPSA) is 32.7 Å². The molecule has 0 saturated carbocycles. The maximum Gasteiger partial charge on any atom is 0.119 e. The van der Waals surface area contributed by atoms with E-state index in [1.165, 1.54) is 11.1 Å². The van der Waals surface area contributed by atoms with Gasteiger partial charge in [0, 0.05) is 13.1 Å². The molecule has 2 aromatic carbocycles. The third-order valence-electron chi connectivity index (χ3n) is 4.17. The molecule has 1 N–H and O–H groups in total. The summed E-state index contributed by atoms with van der Waals surface area (Å²) in [6.45, 7) is 9.36. The molecule has 136 valence electrons. The zero-order valence-electron chi connectivity index (χ0n) is 15.7. The number of para-hydroxylation sites is 1. The Balaban J connectivity index is 1.89. The highest BCUT2D eigenvalue weighted by atomic mass is 16.5. The Hall–Kier alpha value is -1.84. The zero-order chi connectivity index (χ0) is 18.1. The Bertz CT molecular complexity index is 612. The van der Waals surface area contributed by atoms with Crippen LogP contribution in [0, 0.1) is 12.8 Å².